The van der Waals surface area contributed by atoms with Gasteiger partial charge in [-0.2, -0.15) is 0 Å². The van der Waals surface area contributed by atoms with Crippen molar-refractivity contribution in [1.82, 2.24) is 9.80 Å². The predicted octanol–water partition coefficient (Wildman–Crippen LogP) is 2.04. The Kier molecular flexibility index (Phi) is 5.34. The summed E-state index contributed by atoms with van der Waals surface area (Å²) < 4.78 is 0. The molecule has 25 heavy (non-hydrogen) atoms. The average Bonchev–Trinajstić information content (AvgIpc) is 3.03. The standard InChI is InChI=1S/C18H25N3O4/c1-19(18(23)13-7-9-15(10-8-13)21(24)25)16-11-20(12-17(16)22)14-5-3-2-4-6-14/h7-10,14,16-17,22H,2-6,11-12H2,1H3/t16-,17-/m1/s1. The van der Waals surface area contributed by atoms with E-state index in [0.717, 1.165) is 0 Å². The van der Waals surface area contributed by atoms with Crippen molar-refractivity contribution in [2.75, 3.05) is 20.1 Å². The second-order valence-corrected chi connectivity index (χ2v) is 7.10. The van der Waals surface area contributed by atoms with Crippen LogP contribution in [0.5, 0.6) is 0 Å². The monoisotopic (exact) mass is 347 g/mol. The summed E-state index contributed by atoms with van der Waals surface area (Å²) in [4.78, 5) is 26.8. The van der Waals surface area contributed by atoms with Gasteiger partial charge in [-0.3, -0.25) is 19.8 Å². The average molecular weight is 347 g/mol. The summed E-state index contributed by atoms with van der Waals surface area (Å²) in [5.41, 5.74) is 0.361. The minimum Gasteiger partial charge on any atom is -0.390 e. The van der Waals surface area contributed by atoms with E-state index in [2.05, 4.69) is 4.90 Å². The fraction of sp³-hybridized carbons (Fsp3) is 0.611. The van der Waals surface area contributed by atoms with E-state index < -0.39 is 11.0 Å². The summed E-state index contributed by atoms with van der Waals surface area (Å²) in [5.74, 6) is -0.218. The number of non-ortho nitro benzene ring substituents is 1. The van der Waals surface area contributed by atoms with Gasteiger partial charge in [0.15, 0.2) is 0 Å². The SMILES string of the molecule is CN(C(=O)c1ccc([N+](=O)[O-])cc1)[C@@H]1CN(C2CCCCC2)C[C@H]1O. The molecule has 0 aromatic heterocycles. The van der Waals surface area contributed by atoms with Gasteiger partial charge in [0.05, 0.1) is 17.1 Å². The number of nitro groups is 1. The van der Waals surface area contributed by atoms with E-state index in [1.807, 2.05) is 0 Å². The number of likely N-dealkylation sites (tertiary alicyclic amines) is 1. The molecule has 136 valence electrons. The molecule has 1 aromatic carbocycles. The van der Waals surface area contributed by atoms with Crippen LogP contribution in [0.15, 0.2) is 24.3 Å². The summed E-state index contributed by atoms with van der Waals surface area (Å²) >= 11 is 0. The first-order valence-corrected chi connectivity index (χ1v) is 8.91. The number of aliphatic hydroxyl groups is 1. The van der Waals surface area contributed by atoms with Crippen LogP contribution in [0.25, 0.3) is 0 Å². The molecular weight excluding hydrogens is 322 g/mol. The van der Waals surface area contributed by atoms with Gasteiger partial charge >= 0.3 is 0 Å². The van der Waals surface area contributed by atoms with Crippen LogP contribution in [0.2, 0.25) is 0 Å². The molecule has 1 heterocycles. The molecule has 1 saturated heterocycles. The molecule has 2 atom stereocenters. The third-order valence-corrected chi connectivity index (χ3v) is 5.52. The number of likely N-dealkylation sites (N-methyl/N-ethyl adjacent to an activating group) is 1. The molecule has 1 aliphatic heterocycles. The van der Waals surface area contributed by atoms with Gasteiger partial charge in [-0.1, -0.05) is 19.3 Å². The molecule has 3 rings (SSSR count). The van der Waals surface area contributed by atoms with Crippen LogP contribution >= 0.6 is 0 Å². The molecule has 1 aromatic rings. The summed E-state index contributed by atoms with van der Waals surface area (Å²) in [6.07, 6.45) is 5.53. The van der Waals surface area contributed by atoms with Crippen LogP contribution in [0.3, 0.4) is 0 Å². The molecule has 1 saturated carbocycles. The Morgan fingerprint density at radius 3 is 2.44 bits per heavy atom. The van der Waals surface area contributed by atoms with Crippen LogP contribution in [0.4, 0.5) is 5.69 Å². The van der Waals surface area contributed by atoms with Crippen molar-refractivity contribution >= 4 is 11.6 Å². The Bertz CT molecular complexity index is 628. The molecular formula is C18H25N3O4. The lowest BCUT2D eigenvalue weighted by Gasteiger charge is -2.31. The second-order valence-electron chi connectivity index (χ2n) is 7.10. The van der Waals surface area contributed by atoms with Gasteiger partial charge in [0.25, 0.3) is 11.6 Å². The molecule has 7 nitrogen and oxygen atoms in total. The van der Waals surface area contributed by atoms with Crippen molar-refractivity contribution in [1.29, 1.82) is 0 Å². The van der Waals surface area contributed by atoms with Gasteiger partial charge < -0.3 is 10.0 Å². The van der Waals surface area contributed by atoms with E-state index in [1.165, 1.54) is 56.4 Å². The number of carbonyl (C=O) groups is 1. The summed E-state index contributed by atoms with van der Waals surface area (Å²) in [6.45, 7) is 1.29. The Morgan fingerprint density at radius 1 is 1.20 bits per heavy atom. The quantitative estimate of drug-likeness (QED) is 0.665. The highest BCUT2D eigenvalue weighted by Crippen LogP contribution is 2.27. The van der Waals surface area contributed by atoms with Crippen molar-refractivity contribution in [3.8, 4) is 0 Å². The maximum absolute atomic E-state index is 12.7. The number of benzene rings is 1. The lowest BCUT2D eigenvalue weighted by Crippen LogP contribution is -2.44. The Labute approximate surface area is 147 Å². The number of amides is 1. The van der Waals surface area contributed by atoms with E-state index in [1.54, 1.807) is 11.9 Å². The summed E-state index contributed by atoms with van der Waals surface area (Å²) in [5, 5.41) is 21.2. The number of aliphatic hydroxyl groups excluding tert-OH is 1. The van der Waals surface area contributed by atoms with Crippen molar-refractivity contribution < 1.29 is 14.8 Å². The predicted molar refractivity (Wildman–Crippen MR) is 93.4 cm³/mol. The minimum atomic E-state index is -0.561. The maximum Gasteiger partial charge on any atom is 0.269 e. The topological polar surface area (TPSA) is 86.9 Å². The smallest absolute Gasteiger partial charge is 0.269 e. The van der Waals surface area contributed by atoms with Crippen molar-refractivity contribution in [2.45, 2.75) is 50.3 Å². The van der Waals surface area contributed by atoms with E-state index in [0.29, 0.717) is 24.7 Å². The largest absolute Gasteiger partial charge is 0.390 e. The molecule has 1 aliphatic carbocycles. The molecule has 0 bridgehead atoms. The van der Waals surface area contributed by atoms with Crippen LogP contribution in [0, 0.1) is 10.1 Å². The summed E-state index contributed by atoms with van der Waals surface area (Å²) in [6, 6.07) is 5.87. The molecule has 2 aliphatic rings. The van der Waals surface area contributed by atoms with Crippen molar-refractivity contribution in [3.63, 3.8) is 0 Å². The number of rotatable bonds is 4. The van der Waals surface area contributed by atoms with E-state index in [9.17, 15) is 20.0 Å². The van der Waals surface area contributed by atoms with Gasteiger partial charge in [0.1, 0.15) is 0 Å². The molecule has 0 radical (unpaired) electrons. The molecule has 0 spiro atoms. The fourth-order valence-corrected chi connectivity index (χ4v) is 4.00. The normalized spacial score (nSPS) is 25.0. The Hall–Kier alpha value is -1.99. The third-order valence-electron chi connectivity index (χ3n) is 5.52. The first kappa shape index (κ1) is 17.8. The zero-order valence-corrected chi connectivity index (χ0v) is 14.5. The lowest BCUT2D eigenvalue weighted by atomic mass is 9.94. The Morgan fingerprint density at radius 2 is 1.84 bits per heavy atom. The molecule has 7 heteroatoms. The van der Waals surface area contributed by atoms with Crippen LogP contribution in [0.1, 0.15) is 42.5 Å². The number of hydrogen-bond donors (Lipinski definition) is 1. The van der Waals surface area contributed by atoms with E-state index in [4.69, 9.17) is 0 Å². The van der Waals surface area contributed by atoms with Gasteiger partial charge in [-0.15, -0.1) is 0 Å². The first-order chi connectivity index (χ1) is 12.0. The highest BCUT2D eigenvalue weighted by atomic mass is 16.6. The molecule has 2 fully saturated rings. The van der Waals surface area contributed by atoms with E-state index in [-0.39, 0.29) is 17.6 Å². The summed E-state index contributed by atoms with van der Waals surface area (Å²) in [7, 11) is 1.70. The first-order valence-electron chi connectivity index (χ1n) is 8.91. The number of carbonyl (C=O) groups excluding carboxylic acids is 1. The number of nitro benzene ring substituents is 1. The second kappa shape index (κ2) is 7.49. The van der Waals surface area contributed by atoms with Crippen LogP contribution in [-0.4, -0.2) is 64.1 Å². The molecule has 1 amide bonds. The van der Waals surface area contributed by atoms with Gasteiger partial charge in [-0.25, -0.2) is 0 Å². The number of nitrogens with zero attached hydrogens (tertiary/aromatic N) is 3. The zero-order valence-electron chi connectivity index (χ0n) is 14.5. The van der Waals surface area contributed by atoms with Gasteiger partial charge in [0.2, 0.25) is 0 Å². The zero-order chi connectivity index (χ0) is 18.0. The van der Waals surface area contributed by atoms with Gasteiger partial charge in [-0.05, 0) is 25.0 Å². The highest BCUT2D eigenvalue weighted by molar-refractivity contribution is 5.94. The lowest BCUT2D eigenvalue weighted by molar-refractivity contribution is -0.384. The fourth-order valence-electron chi connectivity index (χ4n) is 4.00. The van der Waals surface area contributed by atoms with Crippen LogP contribution in [-0.2, 0) is 0 Å². The van der Waals surface area contributed by atoms with Crippen molar-refractivity contribution in [3.05, 3.63) is 39.9 Å². The maximum atomic E-state index is 12.7. The van der Waals surface area contributed by atoms with Crippen LogP contribution < -0.4 is 0 Å². The number of β-amino-alcohol motifs (C(OH)–C–C–N with tert-alkyl or cyclic N) is 1. The highest BCUT2D eigenvalue weighted by Gasteiger charge is 2.39. The van der Waals surface area contributed by atoms with E-state index >= 15 is 0 Å². The number of hydrogen-bond acceptors (Lipinski definition) is 5. The molecule has 0 unspecified atom stereocenters. The minimum absolute atomic E-state index is 0.0384. The van der Waals surface area contributed by atoms with Crippen molar-refractivity contribution in [2.24, 2.45) is 0 Å². The third kappa shape index (κ3) is 3.82. The molecule has 1 N–H and O–H groups in total. The Balaban J connectivity index is 1.66. The van der Waals surface area contributed by atoms with Gasteiger partial charge in [0, 0.05) is 43.9 Å².